The highest BCUT2D eigenvalue weighted by molar-refractivity contribution is 5.85. The maximum Gasteiger partial charge on any atom is 0.223 e. The van der Waals surface area contributed by atoms with Crippen molar-refractivity contribution in [2.24, 2.45) is 23.2 Å². The van der Waals surface area contributed by atoms with Crippen LogP contribution in [0.1, 0.15) is 64.7 Å². The number of rotatable bonds is 3. The Labute approximate surface area is 141 Å². The summed E-state index contributed by atoms with van der Waals surface area (Å²) in [5.41, 5.74) is 0.308. The fourth-order valence-electron chi connectivity index (χ4n) is 4.76. The van der Waals surface area contributed by atoms with Crippen LogP contribution >= 0.6 is 12.4 Å². The molecule has 3 nitrogen and oxygen atoms in total. The average molecular weight is 329 g/mol. The number of amides is 1. The summed E-state index contributed by atoms with van der Waals surface area (Å²) in [6.45, 7) is 5.39. The SMILES string of the molecule is CC1(CNC(=O)C2CCC3CCCCC3C2)CCNCC1.Cl. The maximum atomic E-state index is 12.5. The van der Waals surface area contributed by atoms with E-state index in [1.165, 1.54) is 44.9 Å². The molecular formula is C18H33ClN2O. The summed E-state index contributed by atoms with van der Waals surface area (Å²) in [4.78, 5) is 12.5. The number of fused-ring (bicyclic) bond motifs is 1. The van der Waals surface area contributed by atoms with Gasteiger partial charge in [0.2, 0.25) is 5.91 Å². The molecule has 4 heteroatoms. The molecule has 0 aromatic heterocycles. The lowest BCUT2D eigenvalue weighted by molar-refractivity contribution is -0.127. The van der Waals surface area contributed by atoms with Crippen LogP contribution in [-0.4, -0.2) is 25.5 Å². The summed E-state index contributed by atoms with van der Waals surface area (Å²) in [6, 6.07) is 0. The summed E-state index contributed by atoms with van der Waals surface area (Å²) >= 11 is 0. The number of carbonyl (C=O) groups excluding carboxylic acids is 1. The van der Waals surface area contributed by atoms with Gasteiger partial charge >= 0.3 is 0 Å². The Morgan fingerprint density at radius 2 is 1.77 bits per heavy atom. The first-order valence-corrected chi connectivity index (χ1v) is 9.15. The molecule has 1 heterocycles. The molecule has 22 heavy (non-hydrogen) atoms. The molecule has 1 amide bonds. The minimum absolute atomic E-state index is 0. The maximum absolute atomic E-state index is 12.5. The minimum atomic E-state index is 0. The molecule has 0 aromatic carbocycles. The zero-order chi connectivity index (χ0) is 14.7. The van der Waals surface area contributed by atoms with Gasteiger partial charge in [-0.25, -0.2) is 0 Å². The number of piperidine rings is 1. The number of halogens is 1. The van der Waals surface area contributed by atoms with Gasteiger partial charge in [0, 0.05) is 12.5 Å². The molecule has 128 valence electrons. The third-order valence-electron chi connectivity index (χ3n) is 6.41. The minimum Gasteiger partial charge on any atom is -0.355 e. The molecule has 2 saturated carbocycles. The van der Waals surface area contributed by atoms with Gasteiger partial charge in [0.05, 0.1) is 0 Å². The Hall–Kier alpha value is -0.280. The largest absolute Gasteiger partial charge is 0.355 e. The summed E-state index contributed by atoms with van der Waals surface area (Å²) in [6.07, 6.45) is 11.6. The molecular weight excluding hydrogens is 296 g/mol. The van der Waals surface area contributed by atoms with E-state index in [0.29, 0.717) is 17.2 Å². The van der Waals surface area contributed by atoms with E-state index in [9.17, 15) is 4.79 Å². The Morgan fingerprint density at radius 1 is 1.09 bits per heavy atom. The quantitative estimate of drug-likeness (QED) is 0.832. The fraction of sp³-hybridized carbons (Fsp3) is 0.944. The van der Waals surface area contributed by atoms with Gasteiger partial charge in [0.15, 0.2) is 0 Å². The first kappa shape index (κ1) is 18.1. The molecule has 0 radical (unpaired) electrons. The standard InChI is InChI=1S/C18H32N2O.ClH/c1-18(8-10-19-11-9-18)13-20-17(21)16-7-6-14-4-2-3-5-15(14)12-16;/h14-16,19H,2-13H2,1H3,(H,20,21);1H. The zero-order valence-corrected chi connectivity index (χ0v) is 14.9. The number of hydrogen-bond acceptors (Lipinski definition) is 2. The highest BCUT2D eigenvalue weighted by Gasteiger charge is 2.35. The molecule has 0 spiro atoms. The predicted octanol–water partition coefficient (Wildman–Crippen LogP) is 3.52. The van der Waals surface area contributed by atoms with E-state index in [1.54, 1.807) is 0 Å². The van der Waals surface area contributed by atoms with Crippen LogP contribution in [0.3, 0.4) is 0 Å². The van der Waals surface area contributed by atoms with Crippen LogP contribution in [0, 0.1) is 23.2 Å². The van der Waals surface area contributed by atoms with Gasteiger partial charge in [-0.05, 0) is 62.4 Å². The van der Waals surface area contributed by atoms with E-state index < -0.39 is 0 Å². The van der Waals surface area contributed by atoms with Gasteiger partial charge in [0.25, 0.3) is 0 Å². The van der Waals surface area contributed by atoms with Crippen molar-refractivity contribution in [1.29, 1.82) is 0 Å². The van der Waals surface area contributed by atoms with Crippen molar-refractivity contribution in [2.75, 3.05) is 19.6 Å². The molecule has 3 atom stereocenters. The molecule has 1 aliphatic heterocycles. The monoisotopic (exact) mass is 328 g/mol. The predicted molar refractivity (Wildman–Crippen MR) is 93.3 cm³/mol. The van der Waals surface area contributed by atoms with Gasteiger partial charge in [-0.1, -0.05) is 32.6 Å². The summed E-state index contributed by atoms with van der Waals surface area (Å²) in [5.74, 6) is 2.43. The van der Waals surface area contributed by atoms with Crippen molar-refractivity contribution in [3.05, 3.63) is 0 Å². The van der Waals surface area contributed by atoms with E-state index in [2.05, 4.69) is 17.6 Å². The van der Waals surface area contributed by atoms with Crippen LogP contribution < -0.4 is 10.6 Å². The third-order valence-corrected chi connectivity index (χ3v) is 6.41. The highest BCUT2D eigenvalue weighted by Crippen LogP contribution is 2.42. The van der Waals surface area contributed by atoms with Gasteiger partial charge in [0.1, 0.15) is 0 Å². The zero-order valence-electron chi connectivity index (χ0n) is 14.0. The van der Waals surface area contributed by atoms with Crippen LogP contribution in [0.4, 0.5) is 0 Å². The van der Waals surface area contributed by atoms with Gasteiger partial charge in [-0.3, -0.25) is 4.79 Å². The molecule has 3 unspecified atom stereocenters. The van der Waals surface area contributed by atoms with E-state index in [-0.39, 0.29) is 12.4 Å². The van der Waals surface area contributed by atoms with Gasteiger partial charge in [-0.15, -0.1) is 12.4 Å². The smallest absolute Gasteiger partial charge is 0.223 e. The Kier molecular flexibility index (Phi) is 6.58. The number of carbonyl (C=O) groups is 1. The second-order valence-corrected chi connectivity index (χ2v) is 8.09. The third kappa shape index (κ3) is 4.38. The van der Waals surface area contributed by atoms with E-state index in [4.69, 9.17) is 0 Å². The van der Waals surface area contributed by atoms with Crippen molar-refractivity contribution in [2.45, 2.75) is 64.7 Å². The van der Waals surface area contributed by atoms with E-state index in [1.807, 2.05) is 0 Å². The Morgan fingerprint density at radius 3 is 2.50 bits per heavy atom. The van der Waals surface area contributed by atoms with E-state index in [0.717, 1.165) is 44.3 Å². The number of hydrogen-bond donors (Lipinski definition) is 2. The second-order valence-electron chi connectivity index (χ2n) is 8.09. The van der Waals surface area contributed by atoms with Crippen LogP contribution in [0.15, 0.2) is 0 Å². The van der Waals surface area contributed by atoms with Gasteiger partial charge in [-0.2, -0.15) is 0 Å². The van der Waals surface area contributed by atoms with Crippen LogP contribution in [0.2, 0.25) is 0 Å². The van der Waals surface area contributed by atoms with Crippen LogP contribution in [0.5, 0.6) is 0 Å². The molecule has 2 aliphatic carbocycles. The summed E-state index contributed by atoms with van der Waals surface area (Å²) < 4.78 is 0. The topological polar surface area (TPSA) is 41.1 Å². The normalized spacial score (nSPS) is 34.1. The lowest BCUT2D eigenvalue weighted by atomic mass is 9.67. The molecule has 3 fully saturated rings. The Balaban J connectivity index is 0.00000176. The van der Waals surface area contributed by atoms with Crippen molar-refractivity contribution in [1.82, 2.24) is 10.6 Å². The average Bonchev–Trinajstić information content (AvgIpc) is 2.53. The first-order chi connectivity index (χ1) is 10.2. The molecule has 0 bridgehead atoms. The molecule has 2 N–H and O–H groups in total. The van der Waals surface area contributed by atoms with Crippen molar-refractivity contribution < 1.29 is 4.79 Å². The molecule has 3 rings (SSSR count). The lowest BCUT2D eigenvalue weighted by Gasteiger charge is -2.39. The van der Waals surface area contributed by atoms with E-state index >= 15 is 0 Å². The highest BCUT2D eigenvalue weighted by atomic mass is 35.5. The summed E-state index contributed by atoms with van der Waals surface area (Å²) in [5, 5.41) is 6.70. The van der Waals surface area contributed by atoms with Crippen molar-refractivity contribution in [3.8, 4) is 0 Å². The molecule has 3 aliphatic rings. The first-order valence-electron chi connectivity index (χ1n) is 9.15. The lowest BCUT2D eigenvalue weighted by Crippen LogP contribution is -2.45. The molecule has 1 saturated heterocycles. The fourth-order valence-corrected chi connectivity index (χ4v) is 4.76. The second kappa shape index (κ2) is 8.01. The van der Waals surface area contributed by atoms with Crippen molar-refractivity contribution in [3.63, 3.8) is 0 Å². The van der Waals surface area contributed by atoms with Crippen LogP contribution in [0.25, 0.3) is 0 Å². The van der Waals surface area contributed by atoms with Crippen LogP contribution in [-0.2, 0) is 4.79 Å². The number of nitrogens with one attached hydrogen (secondary N) is 2. The molecule has 0 aromatic rings. The summed E-state index contributed by atoms with van der Waals surface area (Å²) in [7, 11) is 0. The Bertz CT molecular complexity index is 368. The van der Waals surface area contributed by atoms with Crippen molar-refractivity contribution >= 4 is 18.3 Å². The van der Waals surface area contributed by atoms with Gasteiger partial charge < -0.3 is 10.6 Å².